The van der Waals surface area contributed by atoms with Crippen molar-refractivity contribution in [3.8, 4) is 0 Å². The van der Waals surface area contributed by atoms with Crippen LogP contribution in [0.3, 0.4) is 0 Å². The quantitative estimate of drug-likeness (QED) is 0.829. The summed E-state index contributed by atoms with van der Waals surface area (Å²) in [5.41, 5.74) is -0.535. The number of nitrogens with zero attached hydrogens (tertiary/aromatic N) is 3. The first-order valence-electron chi connectivity index (χ1n) is 7.88. The van der Waals surface area contributed by atoms with E-state index >= 15 is 0 Å². The molecule has 2 fully saturated rings. The predicted molar refractivity (Wildman–Crippen MR) is 86.6 cm³/mol. The summed E-state index contributed by atoms with van der Waals surface area (Å²) in [6.45, 7) is 4.96. The molecular formula is C15H23ClN4O2. The minimum absolute atomic E-state index is 0.288. The molecule has 6 nitrogen and oxygen atoms in total. The second-order valence-corrected chi connectivity index (χ2v) is 6.77. The van der Waals surface area contributed by atoms with Gasteiger partial charge in [-0.05, 0) is 32.6 Å². The fourth-order valence-electron chi connectivity index (χ4n) is 2.99. The third-order valence-electron chi connectivity index (χ3n) is 4.41. The molecule has 1 aliphatic carbocycles. The summed E-state index contributed by atoms with van der Waals surface area (Å²) in [6.07, 6.45) is 3.41. The van der Waals surface area contributed by atoms with E-state index in [0.29, 0.717) is 24.3 Å². The number of aromatic nitrogens is 2. The monoisotopic (exact) mass is 326 g/mol. The molecule has 2 heterocycles. The highest BCUT2D eigenvalue weighted by Gasteiger charge is 2.29. The fraction of sp³-hybridized carbons (Fsp3) is 0.733. The Labute approximate surface area is 135 Å². The SMILES string of the molecule is CC1(O)CCC(Nc2nc(Cl)cc(N3CCOCC3)n2)CC1. The maximum absolute atomic E-state index is 10.0. The minimum atomic E-state index is -0.535. The molecule has 1 aromatic heterocycles. The van der Waals surface area contributed by atoms with Crippen molar-refractivity contribution in [1.29, 1.82) is 0 Å². The Morgan fingerprint density at radius 1 is 1.32 bits per heavy atom. The van der Waals surface area contributed by atoms with Gasteiger partial charge in [0, 0.05) is 25.2 Å². The summed E-state index contributed by atoms with van der Waals surface area (Å²) < 4.78 is 5.37. The Hall–Kier alpha value is -1.11. The molecule has 2 N–H and O–H groups in total. The number of ether oxygens (including phenoxy) is 1. The minimum Gasteiger partial charge on any atom is -0.390 e. The van der Waals surface area contributed by atoms with Crippen LogP contribution in [0.1, 0.15) is 32.6 Å². The van der Waals surface area contributed by atoms with E-state index in [2.05, 4.69) is 20.2 Å². The lowest BCUT2D eigenvalue weighted by atomic mass is 9.84. The topological polar surface area (TPSA) is 70.5 Å². The van der Waals surface area contributed by atoms with Crippen LogP contribution >= 0.6 is 11.6 Å². The molecule has 0 aromatic carbocycles. The van der Waals surface area contributed by atoms with Crippen molar-refractivity contribution >= 4 is 23.4 Å². The molecule has 0 amide bonds. The summed E-state index contributed by atoms with van der Waals surface area (Å²) in [7, 11) is 0. The maximum Gasteiger partial charge on any atom is 0.226 e. The lowest BCUT2D eigenvalue weighted by Crippen LogP contribution is -2.37. The number of anilines is 2. The van der Waals surface area contributed by atoms with Crippen LogP contribution in [0, 0.1) is 0 Å². The third kappa shape index (κ3) is 4.00. The summed E-state index contributed by atoms with van der Waals surface area (Å²) >= 11 is 6.14. The lowest BCUT2D eigenvalue weighted by Gasteiger charge is -2.33. The van der Waals surface area contributed by atoms with Crippen LogP contribution in [0.5, 0.6) is 0 Å². The van der Waals surface area contributed by atoms with Crippen LogP contribution in [0.15, 0.2) is 6.07 Å². The van der Waals surface area contributed by atoms with Gasteiger partial charge in [0.1, 0.15) is 11.0 Å². The first kappa shape index (κ1) is 15.8. The van der Waals surface area contributed by atoms with Crippen LogP contribution in [0.25, 0.3) is 0 Å². The zero-order valence-electron chi connectivity index (χ0n) is 12.9. The molecule has 1 saturated carbocycles. The molecule has 1 aromatic rings. The van der Waals surface area contributed by atoms with Crippen molar-refractivity contribution in [2.45, 2.75) is 44.2 Å². The number of rotatable bonds is 3. The number of halogens is 1. The standard InChI is InChI=1S/C15H23ClN4O2/c1-15(21)4-2-11(3-5-15)17-14-18-12(16)10-13(19-14)20-6-8-22-9-7-20/h10-11,21H,2-9H2,1H3,(H,17,18,19). The number of morpholine rings is 1. The van der Waals surface area contributed by atoms with Crippen molar-refractivity contribution in [3.63, 3.8) is 0 Å². The van der Waals surface area contributed by atoms with Crippen LogP contribution in [-0.2, 0) is 4.74 Å². The van der Waals surface area contributed by atoms with E-state index in [-0.39, 0.29) is 6.04 Å². The molecule has 1 aliphatic heterocycles. The highest BCUT2D eigenvalue weighted by atomic mass is 35.5. The van der Waals surface area contributed by atoms with Crippen LogP contribution < -0.4 is 10.2 Å². The van der Waals surface area contributed by atoms with Crippen molar-refractivity contribution in [2.24, 2.45) is 0 Å². The van der Waals surface area contributed by atoms with E-state index in [1.54, 1.807) is 6.07 Å². The second kappa shape index (κ2) is 6.56. The molecule has 7 heteroatoms. The van der Waals surface area contributed by atoms with E-state index in [1.165, 1.54) is 0 Å². The van der Waals surface area contributed by atoms with Gasteiger partial charge in [0.25, 0.3) is 0 Å². The van der Waals surface area contributed by atoms with Gasteiger partial charge in [0.15, 0.2) is 0 Å². The second-order valence-electron chi connectivity index (χ2n) is 6.39. The number of hydrogen-bond donors (Lipinski definition) is 2. The predicted octanol–water partition coefficient (Wildman–Crippen LogP) is 2.07. The van der Waals surface area contributed by atoms with Gasteiger partial charge >= 0.3 is 0 Å². The smallest absolute Gasteiger partial charge is 0.226 e. The molecule has 1 saturated heterocycles. The van der Waals surface area contributed by atoms with E-state index in [0.717, 1.165) is 44.6 Å². The molecule has 3 rings (SSSR count). The van der Waals surface area contributed by atoms with Crippen LogP contribution in [0.2, 0.25) is 5.15 Å². The van der Waals surface area contributed by atoms with E-state index < -0.39 is 5.60 Å². The summed E-state index contributed by atoms with van der Waals surface area (Å²) in [5.74, 6) is 1.41. The molecular weight excluding hydrogens is 304 g/mol. The van der Waals surface area contributed by atoms with Gasteiger partial charge in [0.2, 0.25) is 5.95 Å². The fourth-order valence-corrected chi connectivity index (χ4v) is 3.17. The zero-order valence-corrected chi connectivity index (χ0v) is 13.6. The van der Waals surface area contributed by atoms with Gasteiger partial charge in [-0.1, -0.05) is 11.6 Å². The molecule has 0 spiro atoms. The summed E-state index contributed by atoms with van der Waals surface area (Å²) in [4.78, 5) is 11.0. The van der Waals surface area contributed by atoms with E-state index in [4.69, 9.17) is 16.3 Å². The lowest BCUT2D eigenvalue weighted by molar-refractivity contribution is 0.0196. The van der Waals surface area contributed by atoms with Crippen molar-refractivity contribution in [3.05, 3.63) is 11.2 Å². The van der Waals surface area contributed by atoms with Crippen molar-refractivity contribution < 1.29 is 9.84 Å². The Morgan fingerprint density at radius 3 is 2.68 bits per heavy atom. The molecule has 0 bridgehead atoms. The van der Waals surface area contributed by atoms with Gasteiger partial charge in [-0.25, -0.2) is 4.98 Å². The third-order valence-corrected chi connectivity index (χ3v) is 4.61. The molecule has 22 heavy (non-hydrogen) atoms. The van der Waals surface area contributed by atoms with Gasteiger partial charge < -0.3 is 20.1 Å². The molecule has 2 aliphatic rings. The zero-order chi connectivity index (χ0) is 15.6. The number of hydrogen-bond acceptors (Lipinski definition) is 6. The van der Waals surface area contributed by atoms with E-state index in [9.17, 15) is 5.11 Å². The average molecular weight is 327 g/mol. The molecule has 122 valence electrons. The molecule has 0 unspecified atom stereocenters. The Bertz CT molecular complexity index is 510. The van der Waals surface area contributed by atoms with Gasteiger partial charge in [-0.3, -0.25) is 0 Å². The summed E-state index contributed by atoms with van der Waals surface area (Å²) in [6, 6.07) is 2.08. The normalized spacial score (nSPS) is 29.4. The van der Waals surface area contributed by atoms with Crippen LogP contribution in [-0.4, -0.2) is 53.0 Å². The average Bonchev–Trinajstić information content (AvgIpc) is 2.50. The molecule has 0 atom stereocenters. The number of nitrogens with one attached hydrogen (secondary N) is 1. The van der Waals surface area contributed by atoms with Crippen LogP contribution in [0.4, 0.5) is 11.8 Å². The van der Waals surface area contributed by atoms with Crippen molar-refractivity contribution in [1.82, 2.24) is 9.97 Å². The first-order valence-corrected chi connectivity index (χ1v) is 8.26. The Morgan fingerprint density at radius 2 is 2.00 bits per heavy atom. The largest absolute Gasteiger partial charge is 0.390 e. The summed E-state index contributed by atoms with van der Waals surface area (Å²) in [5, 5.41) is 13.8. The maximum atomic E-state index is 10.0. The van der Waals surface area contributed by atoms with Gasteiger partial charge in [-0.2, -0.15) is 4.98 Å². The van der Waals surface area contributed by atoms with E-state index in [1.807, 2.05) is 6.92 Å². The van der Waals surface area contributed by atoms with Gasteiger partial charge in [-0.15, -0.1) is 0 Å². The highest BCUT2D eigenvalue weighted by Crippen LogP contribution is 2.29. The first-order chi connectivity index (χ1) is 10.5. The molecule has 0 radical (unpaired) electrons. The Kier molecular flexibility index (Phi) is 4.70. The number of aliphatic hydroxyl groups is 1. The van der Waals surface area contributed by atoms with Crippen molar-refractivity contribution in [2.75, 3.05) is 36.5 Å². The van der Waals surface area contributed by atoms with Gasteiger partial charge in [0.05, 0.1) is 18.8 Å². The highest BCUT2D eigenvalue weighted by molar-refractivity contribution is 6.29. The Balaban J connectivity index is 1.67.